The maximum atomic E-state index is 11.8. The summed E-state index contributed by atoms with van der Waals surface area (Å²) >= 11 is 1.46. The van der Waals surface area contributed by atoms with Crippen LogP contribution in [-0.4, -0.2) is 15.4 Å². The van der Waals surface area contributed by atoms with E-state index in [0.717, 1.165) is 10.4 Å². The Balaban J connectivity index is 2.77. The van der Waals surface area contributed by atoms with Crippen LogP contribution in [0.4, 0.5) is 0 Å². The molecule has 0 spiro atoms. The first kappa shape index (κ1) is 10.0. The highest BCUT2D eigenvalue weighted by Gasteiger charge is 2.07. The highest BCUT2D eigenvalue weighted by atomic mass is 32.2. The van der Waals surface area contributed by atoms with E-state index in [1.807, 2.05) is 19.1 Å². The molecule has 4 nitrogen and oxygen atoms in total. The zero-order valence-electron chi connectivity index (χ0n) is 8.30. The Hall–Kier alpha value is -1.49. The number of hydrogen-bond donors (Lipinski definition) is 1. The van der Waals surface area contributed by atoms with E-state index >= 15 is 0 Å². The number of benzene rings is 1. The van der Waals surface area contributed by atoms with Gasteiger partial charge in [0.05, 0.1) is 10.9 Å². The second-order valence-corrected chi connectivity index (χ2v) is 4.25. The first-order valence-corrected chi connectivity index (χ1v) is 5.62. The Labute approximate surface area is 91.1 Å². The molecule has 1 aromatic heterocycles. The van der Waals surface area contributed by atoms with E-state index in [4.69, 9.17) is 5.84 Å². The van der Waals surface area contributed by atoms with Crippen molar-refractivity contribution in [3.05, 3.63) is 34.6 Å². The van der Waals surface area contributed by atoms with Gasteiger partial charge in [0.15, 0.2) is 5.16 Å². The Bertz CT molecular complexity index is 550. The second kappa shape index (κ2) is 3.94. The maximum Gasteiger partial charge on any atom is 0.280 e. The lowest BCUT2D eigenvalue weighted by atomic mass is 10.2. The molecule has 1 heterocycles. The van der Waals surface area contributed by atoms with Gasteiger partial charge in [-0.15, -0.1) is 0 Å². The van der Waals surface area contributed by atoms with Crippen molar-refractivity contribution in [1.29, 1.82) is 0 Å². The van der Waals surface area contributed by atoms with Gasteiger partial charge in [0.2, 0.25) is 0 Å². The number of para-hydroxylation sites is 1. The predicted molar refractivity (Wildman–Crippen MR) is 62.6 cm³/mol. The lowest BCUT2D eigenvalue weighted by Crippen LogP contribution is -2.29. The summed E-state index contributed by atoms with van der Waals surface area (Å²) < 4.78 is 1.11. The van der Waals surface area contributed by atoms with Gasteiger partial charge in [-0.3, -0.25) is 4.79 Å². The zero-order chi connectivity index (χ0) is 10.8. The van der Waals surface area contributed by atoms with Crippen molar-refractivity contribution in [3.63, 3.8) is 0 Å². The highest BCUT2D eigenvalue weighted by Crippen LogP contribution is 2.14. The third-order valence-corrected chi connectivity index (χ3v) is 2.88. The minimum Gasteiger partial charge on any atom is -0.334 e. The molecule has 2 rings (SSSR count). The molecule has 0 aliphatic heterocycles. The van der Waals surface area contributed by atoms with Crippen molar-refractivity contribution < 1.29 is 0 Å². The van der Waals surface area contributed by atoms with Crippen LogP contribution in [0.5, 0.6) is 0 Å². The van der Waals surface area contributed by atoms with Crippen LogP contribution in [0.3, 0.4) is 0 Å². The maximum absolute atomic E-state index is 11.8. The molecule has 0 saturated heterocycles. The van der Waals surface area contributed by atoms with Gasteiger partial charge in [-0.1, -0.05) is 30.8 Å². The minimum atomic E-state index is -0.198. The van der Waals surface area contributed by atoms with Gasteiger partial charge < -0.3 is 5.84 Å². The molecule has 0 unspecified atom stereocenters. The number of nitrogens with zero attached hydrogens (tertiary/aromatic N) is 2. The number of nitrogen functional groups attached to an aromatic ring is 1. The molecule has 0 fully saturated rings. The smallest absolute Gasteiger partial charge is 0.280 e. The molecule has 0 atom stereocenters. The van der Waals surface area contributed by atoms with Crippen molar-refractivity contribution in [2.45, 2.75) is 12.1 Å². The molecule has 2 aromatic rings. The molecular weight excluding hydrogens is 210 g/mol. The molecule has 78 valence electrons. The number of aromatic nitrogens is 2. The lowest BCUT2D eigenvalue weighted by molar-refractivity contribution is 0.780. The minimum absolute atomic E-state index is 0.198. The molecule has 0 aliphatic rings. The average Bonchev–Trinajstić information content (AvgIpc) is 2.26. The Kier molecular flexibility index (Phi) is 2.64. The molecule has 1 aromatic carbocycles. The summed E-state index contributed by atoms with van der Waals surface area (Å²) in [6, 6.07) is 7.21. The number of nitrogens with two attached hydrogens (primary N) is 1. The van der Waals surface area contributed by atoms with E-state index < -0.39 is 0 Å². The van der Waals surface area contributed by atoms with Crippen LogP contribution >= 0.6 is 11.8 Å². The number of thioether (sulfide) groups is 1. The van der Waals surface area contributed by atoms with E-state index in [0.29, 0.717) is 16.1 Å². The summed E-state index contributed by atoms with van der Waals surface area (Å²) in [5, 5.41) is 1.11. The summed E-state index contributed by atoms with van der Waals surface area (Å²) in [7, 11) is 0. The second-order valence-electron chi connectivity index (χ2n) is 3.02. The van der Waals surface area contributed by atoms with Crippen LogP contribution < -0.4 is 11.4 Å². The van der Waals surface area contributed by atoms with Crippen molar-refractivity contribution in [2.24, 2.45) is 0 Å². The first-order valence-electron chi connectivity index (χ1n) is 4.63. The van der Waals surface area contributed by atoms with Gasteiger partial charge in [0, 0.05) is 0 Å². The summed E-state index contributed by atoms with van der Waals surface area (Å²) in [6.07, 6.45) is 0. The third kappa shape index (κ3) is 1.70. The molecule has 5 heteroatoms. The van der Waals surface area contributed by atoms with Gasteiger partial charge >= 0.3 is 0 Å². The van der Waals surface area contributed by atoms with Crippen molar-refractivity contribution in [2.75, 3.05) is 11.6 Å². The molecular formula is C10H11N3OS. The molecule has 0 aliphatic carbocycles. The average molecular weight is 221 g/mol. The quantitative estimate of drug-likeness (QED) is 0.470. The van der Waals surface area contributed by atoms with Crippen molar-refractivity contribution >= 4 is 22.7 Å². The summed E-state index contributed by atoms with van der Waals surface area (Å²) in [6.45, 7) is 1.99. The number of hydrogen-bond acceptors (Lipinski definition) is 4. The van der Waals surface area contributed by atoms with Crippen molar-refractivity contribution in [1.82, 2.24) is 9.66 Å². The fourth-order valence-corrected chi connectivity index (χ4v) is 2.00. The first-order chi connectivity index (χ1) is 7.24. The topological polar surface area (TPSA) is 60.9 Å². The van der Waals surface area contributed by atoms with E-state index in [1.165, 1.54) is 11.8 Å². The highest BCUT2D eigenvalue weighted by molar-refractivity contribution is 7.99. The van der Waals surface area contributed by atoms with Crippen LogP contribution in [0.2, 0.25) is 0 Å². The van der Waals surface area contributed by atoms with Gasteiger partial charge in [-0.2, -0.15) is 0 Å². The molecule has 15 heavy (non-hydrogen) atoms. The third-order valence-electron chi connectivity index (χ3n) is 2.05. The monoisotopic (exact) mass is 221 g/mol. The van der Waals surface area contributed by atoms with Crippen molar-refractivity contribution in [3.8, 4) is 0 Å². The Morgan fingerprint density at radius 3 is 2.93 bits per heavy atom. The Morgan fingerprint density at radius 2 is 2.20 bits per heavy atom. The molecule has 0 amide bonds. The van der Waals surface area contributed by atoms with Crippen LogP contribution in [-0.2, 0) is 0 Å². The summed E-state index contributed by atoms with van der Waals surface area (Å²) in [4.78, 5) is 16.1. The summed E-state index contributed by atoms with van der Waals surface area (Å²) in [5.74, 6) is 6.49. The molecule has 0 bridgehead atoms. The zero-order valence-corrected chi connectivity index (χ0v) is 9.12. The van der Waals surface area contributed by atoms with Gasteiger partial charge in [0.1, 0.15) is 0 Å². The number of rotatable bonds is 2. The molecule has 0 radical (unpaired) electrons. The van der Waals surface area contributed by atoms with Crippen LogP contribution in [0.1, 0.15) is 6.92 Å². The SMILES string of the molecule is CCSc1nc2ccccc2c(=O)n1N. The largest absolute Gasteiger partial charge is 0.334 e. The lowest BCUT2D eigenvalue weighted by Gasteiger charge is -2.06. The fourth-order valence-electron chi connectivity index (χ4n) is 1.36. The van der Waals surface area contributed by atoms with E-state index in [1.54, 1.807) is 12.1 Å². The predicted octanol–water partition coefficient (Wildman–Crippen LogP) is 1.22. The van der Waals surface area contributed by atoms with Gasteiger partial charge in [0.25, 0.3) is 5.56 Å². The van der Waals surface area contributed by atoms with E-state index in [2.05, 4.69) is 4.98 Å². The molecule has 0 saturated carbocycles. The Morgan fingerprint density at radius 1 is 1.47 bits per heavy atom. The normalized spacial score (nSPS) is 10.7. The fraction of sp³-hybridized carbons (Fsp3) is 0.200. The van der Waals surface area contributed by atoms with Crippen LogP contribution in [0.25, 0.3) is 10.9 Å². The number of fused-ring (bicyclic) bond motifs is 1. The van der Waals surface area contributed by atoms with Gasteiger partial charge in [-0.25, -0.2) is 9.66 Å². The van der Waals surface area contributed by atoms with E-state index in [9.17, 15) is 4.79 Å². The van der Waals surface area contributed by atoms with E-state index in [-0.39, 0.29) is 5.56 Å². The van der Waals surface area contributed by atoms with Crippen LogP contribution in [0, 0.1) is 0 Å². The van der Waals surface area contributed by atoms with Crippen LogP contribution in [0.15, 0.2) is 34.2 Å². The standard InChI is InChI=1S/C10H11N3OS/c1-2-15-10-12-8-6-4-3-5-7(8)9(14)13(10)11/h3-6H,2,11H2,1H3. The molecule has 2 N–H and O–H groups in total. The summed E-state index contributed by atoms with van der Waals surface area (Å²) in [5.41, 5.74) is 0.497. The van der Waals surface area contributed by atoms with Gasteiger partial charge in [-0.05, 0) is 17.9 Å².